The fourth-order valence-corrected chi connectivity index (χ4v) is 5.03. The Kier molecular flexibility index (Phi) is 8.04. The van der Waals surface area contributed by atoms with E-state index in [0.717, 1.165) is 24.0 Å². The highest BCUT2D eigenvalue weighted by molar-refractivity contribution is 9.10. The Morgan fingerprint density at radius 1 is 1.07 bits per heavy atom. The van der Waals surface area contributed by atoms with Crippen LogP contribution in [0.1, 0.15) is 64.4 Å². The van der Waals surface area contributed by atoms with E-state index < -0.39 is 0 Å². The van der Waals surface area contributed by atoms with E-state index in [1.165, 1.54) is 74.6 Å². The van der Waals surface area contributed by atoms with E-state index in [-0.39, 0.29) is 6.10 Å². The van der Waals surface area contributed by atoms with Gasteiger partial charge in [0.1, 0.15) is 5.75 Å². The van der Waals surface area contributed by atoms with Crippen LogP contribution in [-0.2, 0) is 6.42 Å². The third-order valence-electron chi connectivity index (χ3n) is 6.35. The van der Waals surface area contributed by atoms with Gasteiger partial charge in [-0.15, -0.1) is 0 Å². The van der Waals surface area contributed by atoms with Gasteiger partial charge in [0.25, 0.3) is 0 Å². The first kappa shape index (κ1) is 21.1. The lowest BCUT2D eigenvalue weighted by atomic mass is 9.84. The molecule has 0 amide bonds. The number of piperidine rings is 1. The van der Waals surface area contributed by atoms with Crippen LogP contribution < -0.4 is 10.5 Å². The van der Waals surface area contributed by atoms with Crippen LogP contribution in [0.4, 0.5) is 0 Å². The monoisotopic (exact) mass is 436 g/mol. The van der Waals surface area contributed by atoms with Gasteiger partial charge < -0.3 is 15.4 Å². The number of hydrogen-bond acceptors (Lipinski definition) is 3. The molecule has 1 aliphatic carbocycles. The molecule has 1 heterocycles. The van der Waals surface area contributed by atoms with Gasteiger partial charge in [0.2, 0.25) is 0 Å². The van der Waals surface area contributed by atoms with E-state index in [2.05, 4.69) is 52.9 Å². The first-order valence-corrected chi connectivity index (χ1v) is 11.7. The Morgan fingerprint density at radius 2 is 1.78 bits per heavy atom. The normalized spacial score (nSPS) is 25.1. The van der Waals surface area contributed by atoms with Gasteiger partial charge >= 0.3 is 0 Å². The fraction of sp³-hybridized carbons (Fsp3) is 0.739. The van der Waals surface area contributed by atoms with Crippen molar-refractivity contribution >= 4 is 15.9 Å². The molecule has 0 radical (unpaired) electrons. The molecule has 0 atom stereocenters. The zero-order valence-corrected chi connectivity index (χ0v) is 18.7. The maximum Gasteiger partial charge on any atom is 0.120 e. The highest BCUT2D eigenvalue weighted by atomic mass is 79.9. The molecule has 3 rings (SSSR count). The van der Waals surface area contributed by atoms with Crippen LogP contribution in [0.25, 0.3) is 0 Å². The van der Waals surface area contributed by atoms with E-state index in [0.29, 0.717) is 6.04 Å². The summed E-state index contributed by atoms with van der Waals surface area (Å²) in [6, 6.07) is 6.90. The zero-order valence-electron chi connectivity index (χ0n) is 17.1. The Bertz CT molecular complexity index is 576. The van der Waals surface area contributed by atoms with Crippen molar-refractivity contribution in [1.82, 2.24) is 4.90 Å². The second-order valence-electron chi connectivity index (χ2n) is 8.98. The summed E-state index contributed by atoms with van der Waals surface area (Å²) in [7, 11) is 0. The molecule has 1 aromatic rings. The second-order valence-corrected chi connectivity index (χ2v) is 9.83. The summed E-state index contributed by atoms with van der Waals surface area (Å²) in [5, 5.41) is 0. The highest BCUT2D eigenvalue weighted by Crippen LogP contribution is 2.30. The molecular formula is C23H37BrN2O. The molecule has 4 heteroatoms. The largest absolute Gasteiger partial charge is 0.491 e. The minimum absolute atomic E-state index is 0.224. The molecule has 1 aromatic carbocycles. The number of hydrogen-bond donors (Lipinski definition) is 1. The van der Waals surface area contributed by atoms with Gasteiger partial charge in [0.05, 0.1) is 6.10 Å². The van der Waals surface area contributed by atoms with E-state index >= 15 is 0 Å². The van der Waals surface area contributed by atoms with Crippen molar-refractivity contribution in [3.8, 4) is 5.75 Å². The fourth-order valence-electron chi connectivity index (χ4n) is 4.62. The SMILES string of the molecule is CC(C)Oc1ccc(Br)c(CC2CCN(CC[C@H]3CC[C@@H](N)CC3)CC2)c1. The van der Waals surface area contributed by atoms with Gasteiger partial charge in [-0.2, -0.15) is 0 Å². The van der Waals surface area contributed by atoms with Crippen molar-refractivity contribution in [2.24, 2.45) is 17.6 Å². The quantitative estimate of drug-likeness (QED) is 0.621. The Labute approximate surface area is 174 Å². The molecule has 0 unspecified atom stereocenters. The number of benzene rings is 1. The second kappa shape index (κ2) is 10.3. The van der Waals surface area contributed by atoms with Crippen LogP contribution in [0.3, 0.4) is 0 Å². The molecule has 27 heavy (non-hydrogen) atoms. The molecule has 2 N–H and O–H groups in total. The van der Waals surface area contributed by atoms with Crippen molar-refractivity contribution in [2.75, 3.05) is 19.6 Å². The van der Waals surface area contributed by atoms with Crippen LogP contribution in [0.5, 0.6) is 5.75 Å². The van der Waals surface area contributed by atoms with Gasteiger partial charge in [-0.1, -0.05) is 15.9 Å². The summed E-state index contributed by atoms with van der Waals surface area (Å²) in [6.45, 7) is 7.97. The van der Waals surface area contributed by atoms with Crippen LogP contribution in [0.2, 0.25) is 0 Å². The third kappa shape index (κ3) is 6.76. The summed E-state index contributed by atoms with van der Waals surface area (Å²) in [4.78, 5) is 2.69. The van der Waals surface area contributed by atoms with Gasteiger partial charge in [-0.3, -0.25) is 0 Å². The molecule has 0 spiro atoms. The number of rotatable bonds is 7. The maximum absolute atomic E-state index is 6.04. The molecule has 1 aliphatic heterocycles. The van der Waals surface area contributed by atoms with Gasteiger partial charge in [-0.25, -0.2) is 0 Å². The first-order chi connectivity index (χ1) is 13.0. The highest BCUT2D eigenvalue weighted by Gasteiger charge is 2.23. The van der Waals surface area contributed by atoms with E-state index in [4.69, 9.17) is 10.5 Å². The van der Waals surface area contributed by atoms with Crippen molar-refractivity contribution in [3.63, 3.8) is 0 Å². The van der Waals surface area contributed by atoms with Crippen LogP contribution in [0, 0.1) is 11.8 Å². The predicted molar refractivity (Wildman–Crippen MR) is 117 cm³/mol. The zero-order chi connectivity index (χ0) is 19.2. The topological polar surface area (TPSA) is 38.5 Å². The third-order valence-corrected chi connectivity index (χ3v) is 7.12. The first-order valence-electron chi connectivity index (χ1n) is 10.9. The lowest BCUT2D eigenvalue weighted by Gasteiger charge is -2.34. The summed E-state index contributed by atoms with van der Waals surface area (Å²) in [6.07, 6.45) is 10.6. The minimum Gasteiger partial charge on any atom is -0.491 e. The van der Waals surface area contributed by atoms with Gasteiger partial charge in [0.15, 0.2) is 0 Å². The van der Waals surface area contributed by atoms with Crippen LogP contribution in [-0.4, -0.2) is 36.7 Å². The molecule has 3 nitrogen and oxygen atoms in total. The van der Waals surface area contributed by atoms with Gasteiger partial charge in [-0.05, 0) is 120 Å². The summed E-state index contributed by atoms with van der Waals surface area (Å²) < 4.78 is 7.09. The molecule has 2 fully saturated rings. The van der Waals surface area contributed by atoms with Crippen molar-refractivity contribution in [1.29, 1.82) is 0 Å². The Balaban J connectivity index is 1.41. The smallest absolute Gasteiger partial charge is 0.120 e. The molecule has 1 saturated heterocycles. The van der Waals surface area contributed by atoms with Crippen molar-refractivity contribution < 1.29 is 4.74 Å². The van der Waals surface area contributed by atoms with E-state index in [1.54, 1.807) is 0 Å². The van der Waals surface area contributed by atoms with Crippen LogP contribution >= 0.6 is 15.9 Å². The molecule has 2 aliphatic rings. The van der Waals surface area contributed by atoms with Crippen molar-refractivity contribution in [3.05, 3.63) is 28.2 Å². The number of nitrogens with zero attached hydrogens (tertiary/aromatic N) is 1. The average molecular weight is 437 g/mol. The Hall–Kier alpha value is -0.580. The standard InChI is InChI=1S/C23H37BrN2O/c1-17(2)27-22-7-8-23(24)20(16-22)15-19-10-13-26(14-11-19)12-9-18-3-5-21(25)6-4-18/h7-8,16-19,21H,3-6,9-15,25H2,1-2H3/t18-,21+. The number of nitrogens with two attached hydrogens (primary N) is 1. The van der Waals surface area contributed by atoms with E-state index in [1.807, 2.05) is 0 Å². The summed E-state index contributed by atoms with van der Waals surface area (Å²) >= 11 is 3.73. The van der Waals surface area contributed by atoms with Crippen LogP contribution in [0.15, 0.2) is 22.7 Å². The molecule has 1 saturated carbocycles. The Morgan fingerprint density at radius 3 is 2.44 bits per heavy atom. The minimum atomic E-state index is 0.224. The summed E-state index contributed by atoms with van der Waals surface area (Å²) in [5.41, 5.74) is 7.43. The lowest BCUT2D eigenvalue weighted by molar-refractivity contribution is 0.165. The molecule has 152 valence electrons. The average Bonchev–Trinajstić information content (AvgIpc) is 2.65. The number of ether oxygens (including phenoxy) is 1. The van der Waals surface area contributed by atoms with Gasteiger partial charge in [0, 0.05) is 10.5 Å². The molecular weight excluding hydrogens is 400 g/mol. The molecule has 0 bridgehead atoms. The maximum atomic E-state index is 6.04. The summed E-state index contributed by atoms with van der Waals surface area (Å²) in [5.74, 6) is 2.70. The predicted octanol–water partition coefficient (Wildman–Crippen LogP) is 5.40. The number of halogens is 1. The molecule has 0 aromatic heterocycles. The number of likely N-dealkylation sites (tertiary alicyclic amines) is 1. The van der Waals surface area contributed by atoms with E-state index in [9.17, 15) is 0 Å². The van der Waals surface area contributed by atoms with Crippen molar-refractivity contribution in [2.45, 2.75) is 77.4 Å². The lowest BCUT2D eigenvalue weighted by Crippen LogP contribution is -2.36.